The lowest BCUT2D eigenvalue weighted by Gasteiger charge is -2.43. The number of hydrogen-bond acceptors (Lipinski definition) is 6. The topological polar surface area (TPSA) is 69.3 Å². The Morgan fingerprint density at radius 1 is 1.09 bits per heavy atom. The van der Waals surface area contributed by atoms with Gasteiger partial charge in [-0.3, -0.25) is 4.79 Å². The third-order valence-electron chi connectivity index (χ3n) is 7.33. The number of carbonyl (C=O) groups is 1. The van der Waals surface area contributed by atoms with Crippen LogP contribution in [0.1, 0.15) is 35.2 Å². The fraction of sp³-hybridized carbons (Fsp3) is 0.480. The zero-order chi connectivity index (χ0) is 24.1. The molecule has 1 amide bonds. The molecule has 182 valence electrons. The Labute approximate surface area is 196 Å². The number of nitrogens with one attached hydrogen (secondary N) is 1. The van der Waals surface area contributed by atoms with Gasteiger partial charge in [-0.2, -0.15) is 0 Å². The van der Waals surface area contributed by atoms with Gasteiger partial charge in [0.1, 0.15) is 0 Å². The Balaban J connectivity index is 1.32. The highest BCUT2D eigenvalue weighted by Gasteiger charge is 2.50. The highest BCUT2D eigenvalue weighted by Crippen LogP contribution is 2.50. The van der Waals surface area contributed by atoms with E-state index in [0.29, 0.717) is 17.4 Å². The molecule has 2 aliphatic heterocycles. The molecule has 1 saturated heterocycles. The lowest BCUT2D eigenvalue weighted by Crippen LogP contribution is -2.47. The molecule has 1 aliphatic carbocycles. The summed E-state index contributed by atoms with van der Waals surface area (Å²) in [7, 11) is 5.39. The largest absolute Gasteiger partial charge is 0.586 e. The minimum absolute atomic E-state index is 0.0101. The molecule has 2 heterocycles. The summed E-state index contributed by atoms with van der Waals surface area (Å²) in [6.45, 7) is 1.87. The van der Waals surface area contributed by atoms with Crippen molar-refractivity contribution in [1.82, 2.24) is 10.2 Å². The van der Waals surface area contributed by atoms with E-state index in [4.69, 9.17) is 9.47 Å². The number of benzene rings is 2. The molecule has 2 aromatic carbocycles. The smallest absolute Gasteiger partial charge is 0.493 e. The van der Waals surface area contributed by atoms with E-state index in [1.165, 1.54) is 23.8 Å². The van der Waals surface area contributed by atoms with Crippen molar-refractivity contribution < 1.29 is 32.5 Å². The molecule has 5 rings (SSSR count). The zero-order valence-electron chi connectivity index (χ0n) is 19.4. The molecule has 2 aromatic rings. The van der Waals surface area contributed by atoms with Crippen molar-refractivity contribution in [2.24, 2.45) is 5.92 Å². The summed E-state index contributed by atoms with van der Waals surface area (Å²) in [4.78, 5) is 15.2. The maximum atomic E-state index is 13.3. The van der Waals surface area contributed by atoms with E-state index in [2.05, 4.69) is 38.9 Å². The third-order valence-corrected chi connectivity index (χ3v) is 7.33. The second kappa shape index (κ2) is 8.30. The number of halogens is 2. The number of rotatable bonds is 5. The van der Waals surface area contributed by atoms with E-state index in [1.807, 2.05) is 6.07 Å². The quantitative estimate of drug-likeness (QED) is 0.711. The highest BCUT2D eigenvalue weighted by atomic mass is 19.3. The fourth-order valence-electron chi connectivity index (χ4n) is 5.81. The predicted octanol–water partition coefficient (Wildman–Crippen LogP) is 3.81. The van der Waals surface area contributed by atoms with Gasteiger partial charge in [0, 0.05) is 30.1 Å². The lowest BCUT2D eigenvalue weighted by atomic mass is 9.63. The Kier molecular flexibility index (Phi) is 5.55. The first-order chi connectivity index (χ1) is 16.2. The van der Waals surface area contributed by atoms with Crippen LogP contribution < -0.4 is 24.3 Å². The maximum absolute atomic E-state index is 13.3. The van der Waals surface area contributed by atoms with Gasteiger partial charge in [0.25, 0.3) is 5.91 Å². The number of ether oxygens (including phenoxy) is 4. The maximum Gasteiger partial charge on any atom is 0.586 e. The number of likely N-dealkylation sites (tertiary alicyclic amines) is 1. The SMILES string of the molecule is COc1ccc([C@@]23CC[C@@H](NC(=O)c4ccc5c(c4)OC(F)(F)O5)C[C@@H]2CN(C)C3)cc1OC. The van der Waals surface area contributed by atoms with Crippen LogP contribution in [0, 0.1) is 5.92 Å². The summed E-state index contributed by atoms with van der Waals surface area (Å²) < 4.78 is 46.4. The average molecular weight is 475 g/mol. The summed E-state index contributed by atoms with van der Waals surface area (Å²) in [5, 5.41) is 3.10. The van der Waals surface area contributed by atoms with Crippen LogP contribution in [0.4, 0.5) is 8.78 Å². The fourth-order valence-corrected chi connectivity index (χ4v) is 5.81. The number of likely N-dealkylation sites (N-methyl/N-ethyl adjacent to an activating group) is 1. The van der Waals surface area contributed by atoms with Crippen LogP contribution in [0.3, 0.4) is 0 Å². The molecule has 3 atom stereocenters. The molecule has 34 heavy (non-hydrogen) atoms. The van der Waals surface area contributed by atoms with Crippen LogP contribution in [0.25, 0.3) is 0 Å². The molecule has 9 heteroatoms. The van der Waals surface area contributed by atoms with Gasteiger partial charge in [0.15, 0.2) is 23.0 Å². The molecular formula is C25H28F2N2O5. The molecule has 0 aromatic heterocycles. The third kappa shape index (κ3) is 3.91. The van der Waals surface area contributed by atoms with Crippen molar-refractivity contribution in [2.75, 3.05) is 34.4 Å². The van der Waals surface area contributed by atoms with Gasteiger partial charge < -0.3 is 29.2 Å². The molecular weight excluding hydrogens is 446 g/mol. The Hall–Kier alpha value is -3.07. The number of methoxy groups -OCH3 is 2. The summed E-state index contributed by atoms with van der Waals surface area (Å²) in [6, 6.07) is 10.2. The zero-order valence-corrected chi connectivity index (χ0v) is 19.4. The predicted molar refractivity (Wildman–Crippen MR) is 120 cm³/mol. The van der Waals surface area contributed by atoms with Crippen LogP contribution in [-0.2, 0) is 5.41 Å². The minimum Gasteiger partial charge on any atom is -0.493 e. The second-order valence-electron chi connectivity index (χ2n) is 9.39. The molecule has 1 saturated carbocycles. The number of amides is 1. The summed E-state index contributed by atoms with van der Waals surface area (Å²) >= 11 is 0. The minimum atomic E-state index is -3.71. The first-order valence-electron chi connectivity index (χ1n) is 11.3. The van der Waals surface area contributed by atoms with Crippen LogP contribution >= 0.6 is 0 Å². The van der Waals surface area contributed by atoms with E-state index >= 15 is 0 Å². The van der Waals surface area contributed by atoms with Gasteiger partial charge in [0.2, 0.25) is 0 Å². The van der Waals surface area contributed by atoms with E-state index in [0.717, 1.165) is 32.4 Å². The Morgan fingerprint density at radius 2 is 1.85 bits per heavy atom. The number of alkyl halides is 2. The summed E-state index contributed by atoms with van der Waals surface area (Å²) in [5.41, 5.74) is 1.46. The molecule has 1 N–H and O–H groups in total. The van der Waals surface area contributed by atoms with Crippen molar-refractivity contribution in [3.8, 4) is 23.0 Å². The van der Waals surface area contributed by atoms with Gasteiger partial charge in [-0.05, 0) is 68.1 Å². The van der Waals surface area contributed by atoms with Crippen molar-refractivity contribution in [1.29, 1.82) is 0 Å². The molecule has 0 bridgehead atoms. The lowest BCUT2D eigenvalue weighted by molar-refractivity contribution is -0.286. The molecule has 0 radical (unpaired) electrons. The van der Waals surface area contributed by atoms with E-state index in [-0.39, 0.29) is 34.4 Å². The van der Waals surface area contributed by atoms with Gasteiger partial charge in [-0.25, -0.2) is 0 Å². The molecule has 0 spiro atoms. The van der Waals surface area contributed by atoms with Gasteiger partial charge >= 0.3 is 6.29 Å². The average Bonchev–Trinajstić information content (AvgIpc) is 3.31. The highest BCUT2D eigenvalue weighted by molar-refractivity contribution is 5.95. The van der Waals surface area contributed by atoms with E-state index < -0.39 is 6.29 Å². The van der Waals surface area contributed by atoms with Crippen molar-refractivity contribution in [3.63, 3.8) is 0 Å². The van der Waals surface area contributed by atoms with Gasteiger partial charge in [0.05, 0.1) is 14.2 Å². The van der Waals surface area contributed by atoms with Crippen LogP contribution in [0.5, 0.6) is 23.0 Å². The number of fused-ring (bicyclic) bond motifs is 2. The van der Waals surface area contributed by atoms with Crippen molar-refractivity contribution >= 4 is 5.91 Å². The molecule has 7 nitrogen and oxygen atoms in total. The van der Waals surface area contributed by atoms with Crippen LogP contribution in [0.2, 0.25) is 0 Å². The number of hydrogen-bond donors (Lipinski definition) is 1. The van der Waals surface area contributed by atoms with Crippen LogP contribution in [-0.4, -0.2) is 57.5 Å². The van der Waals surface area contributed by atoms with Crippen molar-refractivity contribution in [2.45, 2.75) is 37.0 Å². The molecule has 0 unspecified atom stereocenters. The Bertz CT molecular complexity index is 1110. The van der Waals surface area contributed by atoms with Crippen molar-refractivity contribution in [3.05, 3.63) is 47.5 Å². The van der Waals surface area contributed by atoms with E-state index in [9.17, 15) is 13.6 Å². The summed E-state index contributed by atoms with van der Waals surface area (Å²) in [5.74, 6) is 1.25. The first-order valence-corrected chi connectivity index (χ1v) is 11.3. The molecule has 2 fully saturated rings. The number of nitrogens with zero attached hydrogens (tertiary/aromatic N) is 1. The number of carbonyl (C=O) groups excluding carboxylic acids is 1. The normalized spacial score (nSPS) is 27.2. The first kappa shape index (κ1) is 22.7. The molecule has 3 aliphatic rings. The van der Waals surface area contributed by atoms with Crippen LogP contribution in [0.15, 0.2) is 36.4 Å². The monoisotopic (exact) mass is 474 g/mol. The Morgan fingerprint density at radius 3 is 2.62 bits per heavy atom. The summed E-state index contributed by atoms with van der Waals surface area (Å²) in [6.07, 6.45) is -1.15. The van der Waals surface area contributed by atoms with E-state index in [1.54, 1.807) is 14.2 Å². The second-order valence-corrected chi connectivity index (χ2v) is 9.39. The van der Waals surface area contributed by atoms with Gasteiger partial charge in [-0.1, -0.05) is 6.07 Å². The standard InChI is InChI=1S/C25H28F2N2O5/c1-29-13-17-11-18(28-23(30)15-4-6-20-22(10-15)34-25(26,27)33-20)8-9-24(17,14-29)16-5-7-19(31-2)21(12-16)32-3/h4-7,10,12,17-18H,8-9,11,13-14H2,1-3H3,(H,28,30)/t17-,18-,24+/m1/s1. The van der Waals surface area contributed by atoms with Gasteiger partial charge in [-0.15, -0.1) is 8.78 Å².